The smallest absolute Gasteiger partial charge is 0.232 e. The number of nitrogens with zero attached hydrogens (tertiary/aromatic N) is 5. The zero-order chi connectivity index (χ0) is 19.2. The van der Waals surface area contributed by atoms with Crippen molar-refractivity contribution in [1.29, 1.82) is 0 Å². The number of likely N-dealkylation sites (tertiary alicyclic amines) is 3. The lowest BCUT2D eigenvalue weighted by atomic mass is 9.79. The van der Waals surface area contributed by atoms with Gasteiger partial charge in [-0.1, -0.05) is 0 Å². The summed E-state index contributed by atoms with van der Waals surface area (Å²) in [5.41, 5.74) is 0.764. The second kappa shape index (κ2) is 6.93. The van der Waals surface area contributed by atoms with Crippen LogP contribution in [0.2, 0.25) is 0 Å². The third-order valence-corrected chi connectivity index (χ3v) is 6.53. The number of carbonyl (C=O) groups is 2. The fourth-order valence-electron chi connectivity index (χ4n) is 5.07. The quantitative estimate of drug-likeness (QED) is 0.800. The zero-order valence-electron chi connectivity index (χ0n) is 16.7. The van der Waals surface area contributed by atoms with Crippen LogP contribution >= 0.6 is 0 Å². The van der Waals surface area contributed by atoms with Gasteiger partial charge in [0, 0.05) is 76.5 Å². The van der Waals surface area contributed by atoms with Gasteiger partial charge in [0.1, 0.15) is 0 Å². The first-order valence-corrected chi connectivity index (χ1v) is 10.2. The molecule has 0 bridgehead atoms. The number of carbonyl (C=O) groups excluding carboxylic acids is 2. The summed E-state index contributed by atoms with van der Waals surface area (Å²) in [4.78, 5) is 31.7. The SMILES string of the molecule is CC(=O)N1C[C@H]2CN(Cc3cnn(C(C)C)c3)C[C@@]2(C(=O)N2CCCC2)C1. The molecule has 4 rings (SSSR count). The molecule has 7 nitrogen and oxygen atoms in total. The van der Waals surface area contributed by atoms with Gasteiger partial charge < -0.3 is 9.80 Å². The molecule has 0 radical (unpaired) electrons. The highest BCUT2D eigenvalue weighted by molar-refractivity contribution is 5.86. The number of hydrogen-bond acceptors (Lipinski definition) is 4. The topological polar surface area (TPSA) is 61.7 Å². The van der Waals surface area contributed by atoms with Crippen molar-refractivity contribution in [1.82, 2.24) is 24.5 Å². The van der Waals surface area contributed by atoms with Crippen LogP contribution in [0.3, 0.4) is 0 Å². The zero-order valence-corrected chi connectivity index (χ0v) is 16.7. The van der Waals surface area contributed by atoms with Gasteiger partial charge in [-0.2, -0.15) is 5.10 Å². The minimum Gasteiger partial charge on any atom is -0.342 e. The Morgan fingerprint density at radius 2 is 1.93 bits per heavy atom. The average Bonchev–Trinajstić information content (AvgIpc) is 3.37. The molecular formula is C20H31N5O2. The van der Waals surface area contributed by atoms with Gasteiger partial charge in [-0.15, -0.1) is 0 Å². The molecule has 0 N–H and O–H groups in total. The van der Waals surface area contributed by atoms with E-state index in [1.807, 2.05) is 20.7 Å². The maximum absolute atomic E-state index is 13.5. The highest BCUT2D eigenvalue weighted by atomic mass is 16.2. The summed E-state index contributed by atoms with van der Waals surface area (Å²) >= 11 is 0. The standard InChI is InChI=1S/C20H31N5O2/c1-15(2)25-10-17(8-21-25)9-22-11-18-12-24(16(3)26)14-20(18,13-22)19(27)23-6-4-5-7-23/h8,10,15,18H,4-7,9,11-14H2,1-3H3/t18-,20-/m1/s1. The van der Waals surface area contributed by atoms with Crippen molar-refractivity contribution in [3.05, 3.63) is 18.0 Å². The van der Waals surface area contributed by atoms with Crippen molar-refractivity contribution >= 4 is 11.8 Å². The molecule has 0 aromatic carbocycles. The van der Waals surface area contributed by atoms with Crippen molar-refractivity contribution < 1.29 is 9.59 Å². The van der Waals surface area contributed by atoms with Gasteiger partial charge in [0.15, 0.2) is 0 Å². The van der Waals surface area contributed by atoms with Crippen molar-refractivity contribution in [2.75, 3.05) is 39.3 Å². The van der Waals surface area contributed by atoms with Crippen molar-refractivity contribution in [2.45, 2.75) is 46.2 Å². The van der Waals surface area contributed by atoms with E-state index in [1.54, 1.807) is 6.92 Å². The van der Waals surface area contributed by atoms with Crippen molar-refractivity contribution in [3.63, 3.8) is 0 Å². The molecule has 3 saturated heterocycles. The molecule has 3 fully saturated rings. The number of aromatic nitrogens is 2. The Morgan fingerprint density at radius 3 is 2.56 bits per heavy atom. The third kappa shape index (κ3) is 3.26. The summed E-state index contributed by atoms with van der Waals surface area (Å²) in [7, 11) is 0. The normalized spacial score (nSPS) is 28.4. The van der Waals surface area contributed by atoms with Crippen LogP contribution in [0, 0.1) is 11.3 Å². The fraction of sp³-hybridized carbons (Fsp3) is 0.750. The Balaban J connectivity index is 1.52. The minimum absolute atomic E-state index is 0.0859. The molecule has 0 unspecified atom stereocenters. The van der Waals surface area contributed by atoms with Crippen LogP contribution in [0.15, 0.2) is 12.4 Å². The van der Waals surface area contributed by atoms with E-state index < -0.39 is 5.41 Å². The second-order valence-corrected chi connectivity index (χ2v) is 8.84. The van der Waals surface area contributed by atoms with Crippen LogP contribution in [0.25, 0.3) is 0 Å². The van der Waals surface area contributed by atoms with Gasteiger partial charge in [0.2, 0.25) is 11.8 Å². The molecule has 148 valence electrons. The van der Waals surface area contributed by atoms with E-state index in [0.717, 1.165) is 45.6 Å². The van der Waals surface area contributed by atoms with E-state index in [0.29, 0.717) is 19.1 Å². The van der Waals surface area contributed by atoms with Gasteiger partial charge >= 0.3 is 0 Å². The maximum atomic E-state index is 13.5. The largest absolute Gasteiger partial charge is 0.342 e. The minimum atomic E-state index is -0.427. The first kappa shape index (κ1) is 18.5. The molecule has 27 heavy (non-hydrogen) atoms. The number of fused-ring (bicyclic) bond motifs is 1. The van der Waals surface area contributed by atoms with Crippen molar-refractivity contribution in [3.8, 4) is 0 Å². The first-order valence-electron chi connectivity index (χ1n) is 10.2. The molecule has 7 heteroatoms. The summed E-state index contributed by atoms with van der Waals surface area (Å²) in [6.07, 6.45) is 6.24. The Labute approximate surface area is 161 Å². The molecule has 3 aliphatic heterocycles. The second-order valence-electron chi connectivity index (χ2n) is 8.84. The summed E-state index contributed by atoms with van der Waals surface area (Å²) in [5.74, 6) is 0.589. The van der Waals surface area contributed by atoms with E-state index >= 15 is 0 Å². The Hall–Kier alpha value is -1.89. The van der Waals surface area contributed by atoms with Crippen LogP contribution in [-0.2, 0) is 16.1 Å². The fourth-order valence-corrected chi connectivity index (χ4v) is 5.07. The summed E-state index contributed by atoms with van der Waals surface area (Å²) < 4.78 is 1.98. The molecule has 1 aromatic heterocycles. The van der Waals surface area contributed by atoms with Gasteiger partial charge in [-0.25, -0.2) is 0 Å². The number of amides is 2. The Morgan fingerprint density at radius 1 is 1.19 bits per heavy atom. The van der Waals surface area contributed by atoms with Crippen LogP contribution < -0.4 is 0 Å². The molecule has 1 aromatic rings. The first-order chi connectivity index (χ1) is 12.9. The number of hydrogen-bond donors (Lipinski definition) is 0. The van der Waals surface area contributed by atoms with Crippen LogP contribution in [0.1, 0.15) is 45.2 Å². The van der Waals surface area contributed by atoms with E-state index in [1.165, 1.54) is 5.56 Å². The highest BCUT2D eigenvalue weighted by Crippen LogP contribution is 2.45. The lowest BCUT2D eigenvalue weighted by Gasteiger charge is -2.32. The predicted octanol–water partition coefficient (Wildman–Crippen LogP) is 1.37. The van der Waals surface area contributed by atoms with E-state index in [4.69, 9.17) is 0 Å². The van der Waals surface area contributed by atoms with Crippen LogP contribution in [0.5, 0.6) is 0 Å². The van der Waals surface area contributed by atoms with Gasteiger partial charge in [-0.3, -0.25) is 19.2 Å². The van der Waals surface area contributed by atoms with Gasteiger partial charge in [-0.05, 0) is 26.7 Å². The molecular weight excluding hydrogens is 342 g/mol. The summed E-state index contributed by atoms with van der Waals surface area (Å²) in [6, 6.07) is 0.351. The van der Waals surface area contributed by atoms with E-state index in [2.05, 4.69) is 30.0 Å². The molecule has 0 aliphatic carbocycles. The number of rotatable bonds is 4. The lowest BCUT2D eigenvalue weighted by molar-refractivity contribution is -0.141. The maximum Gasteiger partial charge on any atom is 0.232 e. The molecule has 4 heterocycles. The molecule has 0 spiro atoms. The van der Waals surface area contributed by atoms with E-state index in [-0.39, 0.29) is 17.7 Å². The highest BCUT2D eigenvalue weighted by Gasteiger charge is 2.58. The average molecular weight is 374 g/mol. The van der Waals surface area contributed by atoms with Gasteiger partial charge in [0.25, 0.3) is 0 Å². The predicted molar refractivity (Wildman–Crippen MR) is 102 cm³/mol. The summed E-state index contributed by atoms with van der Waals surface area (Å²) in [5, 5.41) is 4.44. The Kier molecular flexibility index (Phi) is 4.74. The lowest BCUT2D eigenvalue weighted by Crippen LogP contribution is -2.49. The molecule has 0 saturated carbocycles. The monoisotopic (exact) mass is 373 g/mol. The molecule has 2 atom stereocenters. The van der Waals surface area contributed by atoms with Crippen LogP contribution in [0.4, 0.5) is 0 Å². The molecule has 3 aliphatic rings. The Bertz CT molecular complexity index is 724. The van der Waals surface area contributed by atoms with Crippen molar-refractivity contribution in [2.24, 2.45) is 11.3 Å². The third-order valence-electron chi connectivity index (χ3n) is 6.53. The summed E-state index contributed by atoms with van der Waals surface area (Å²) in [6.45, 7) is 11.3. The van der Waals surface area contributed by atoms with E-state index in [9.17, 15) is 9.59 Å². The van der Waals surface area contributed by atoms with Gasteiger partial charge in [0.05, 0.1) is 11.6 Å². The van der Waals surface area contributed by atoms with Crippen LogP contribution in [-0.4, -0.2) is 75.6 Å². The molecule has 2 amide bonds.